The average Bonchev–Trinajstić information content (AvgIpc) is 3.11. The molecule has 0 bridgehead atoms. The Morgan fingerprint density at radius 2 is 1.79 bits per heavy atom. The van der Waals surface area contributed by atoms with E-state index in [1.807, 2.05) is 69.3 Å². The molecule has 0 saturated heterocycles. The molecular formula is C21H24N4O3. The second kappa shape index (κ2) is 8.56. The van der Waals surface area contributed by atoms with Crippen molar-refractivity contribution >= 4 is 11.6 Å². The Bertz CT molecular complexity index is 931. The maximum atomic E-state index is 11.6. The van der Waals surface area contributed by atoms with Crippen LogP contribution in [0.25, 0.3) is 17.1 Å². The first-order valence-corrected chi connectivity index (χ1v) is 9.18. The number of carbonyl (C=O) groups excluding carboxylic acids is 1. The molecule has 1 amide bonds. The molecule has 0 radical (unpaired) electrons. The minimum Gasteiger partial charge on any atom is -0.497 e. The summed E-state index contributed by atoms with van der Waals surface area (Å²) in [6, 6.07) is 15.4. The van der Waals surface area contributed by atoms with Crippen molar-refractivity contribution in [1.82, 2.24) is 14.8 Å². The third-order valence-corrected chi connectivity index (χ3v) is 3.99. The number of rotatable bonds is 7. The SMILES string of the molecule is CCC(=O)Nc1ccc(-n2nc(OC(C)C)nc2-c2ccc(OC)cc2)cc1. The molecule has 2 aromatic carbocycles. The van der Waals surface area contributed by atoms with Gasteiger partial charge in [-0.3, -0.25) is 4.79 Å². The highest BCUT2D eigenvalue weighted by atomic mass is 16.5. The molecule has 1 heterocycles. The standard InChI is InChI=1S/C21H24N4O3/c1-5-19(26)22-16-8-10-17(11-9-16)25-20(23-21(24-25)28-14(2)3)15-6-12-18(27-4)13-7-15/h6-14H,5H2,1-4H3,(H,22,26). The van der Waals surface area contributed by atoms with Crippen LogP contribution in [-0.4, -0.2) is 33.9 Å². The lowest BCUT2D eigenvalue weighted by Crippen LogP contribution is -2.09. The van der Waals surface area contributed by atoms with Gasteiger partial charge in [-0.15, -0.1) is 5.10 Å². The zero-order valence-corrected chi connectivity index (χ0v) is 16.5. The number of carbonyl (C=O) groups is 1. The van der Waals surface area contributed by atoms with E-state index in [1.54, 1.807) is 11.8 Å². The number of amides is 1. The molecule has 0 spiro atoms. The van der Waals surface area contributed by atoms with Crippen molar-refractivity contribution in [2.45, 2.75) is 33.3 Å². The summed E-state index contributed by atoms with van der Waals surface area (Å²) in [5.74, 6) is 1.40. The minimum absolute atomic E-state index is 0.0277. The van der Waals surface area contributed by atoms with E-state index in [4.69, 9.17) is 9.47 Å². The Hall–Kier alpha value is -3.35. The molecule has 28 heavy (non-hydrogen) atoms. The predicted molar refractivity (Wildman–Crippen MR) is 108 cm³/mol. The second-order valence-corrected chi connectivity index (χ2v) is 6.47. The molecule has 0 aliphatic rings. The molecule has 0 fully saturated rings. The zero-order chi connectivity index (χ0) is 20.1. The lowest BCUT2D eigenvalue weighted by atomic mass is 10.2. The molecule has 0 aliphatic heterocycles. The van der Waals surface area contributed by atoms with Gasteiger partial charge in [-0.1, -0.05) is 6.92 Å². The van der Waals surface area contributed by atoms with E-state index in [0.29, 0.717) is 18.3 Å². The summed E-state index contributed by atoms with van der Waals surface area (Å²) in [6.45, 7) is 5.68. The maximum Gasteiger partial charge on any atom is 0.336 e. The summed E-state index contributed by atoms with van der Waals surface area (Å²) >= 11 is 0. The highest BCUT2D eigenvalue weighted by molar-refractivity contribution is 5.90. The number of hydrogen-bond acceptors (Lipinski definition) is 5. The fourth-order valence-electron chi connectivity index (χ4n) is 2.60. The van der Waals surface area contributed by atoms with E-state index in [2.05, 4.69) is 15.4 Å². The van der Waals surface area contributed by atoms with Crippen LogP contribution in [0.15, 0.2) is 48.5 Å². The summed E-state index contributed by atoms with van der Waals surface area (Å²) in [4.78, 5) is 16.1. The van der Waals surface area contributed by atoms with E-state index in [1.165, 1.54) is 0 Å². The Morgan fingerprint density at radius 1 is 1.11 bits per heavy atom. The molecule has 0 unspecified atom stereocenters. The van der Waals surface area contributed by atoms with Crippen molar-refractivity contribution < 1.29 is 14.3 Å². The largest absolute Gasteiger partial charge is 0.497 e. The molecule has 1 aromatic heterocycles. The molecular weight excluding hydrogens is 356 g/mol. The fourth-order valence-corrected chi connectivity index (χ4v) is 2.60. The minimum atomic E-state index is -0.0359. The summed E-state index contributed by atoms with van der Waals surface area (Å²) in [5.41, 5.74) is 2.43. The molecule has 3 rings (SSSR count). The Balaban J connectivity index is 1.98. The monoisotopic (exact) mass is 380 g/mol. The van der Waals surface area contributed by atoms with Crippen LogP contribution in [0.5, 0.6) is 11.8 Å². The smallest absolute Gasteiger partial charge is 0.336 e. The van der Waals surface area contributed by atoms with Gasteiger partial charge in [0.05, 0.1) is 18.9 Å². The van der Waals surface area contributed by atoms with Gasteiger partial charge in [0.25, 0.3) is 0 Å². The van der Waals surface area contributed by atoms with Crippen LogP contribution in [0.4, 0.5) is 5.69 Å². The van der Waals surface area contributed by atoms with Gasteiger partial charge in [0.1, 0.15) is 5.75 Å². The van der Waals surface area contributed by atoms with Crippen molar-refractivity contribution in [3.8, 4) is 28.8 Å². The highest BCUT2D eigenvalue weighted by Crippen LogP contribution is 2.26. The lowest BCUT2D eigenvalue weighted by Gasteiger charge is -2.08. The van der Waals surface area contributed by atoms with E-state index in [9.17, 15) is 4.79 Å². The van der Waals surface area contributed by atoms with Crippen LogP contribution >= 0.6 is 0 Å². The topological polar surface area (TPSA) is 78.3 Å². The van der Waals surface area contributed by atoms with Gasteiger partial charge in [0.15, 0.2) is 5.82 Å². The van der Waals surface area contributed by atoms with Crippen molar-refractivity contribution in [3.05, 3.63) is 48.5 Å². The summed E-state index contributed by atoms with van der Waals surface area (Å²) < 4.78 is 12.6. The summed E-state index contributed by atoms with van der Waals surface area (Å²) in [5, 5.41) is 7.35. The van der Waals surface area contributed by atoms with Gasteiger partial charge < -0.3 is 14.8 Å². The Labute approximate surface area is 164 Å². The average molecular weight is 380 g/mol. The Kier molecular flexibility index (Phi) is 5.93. The van der Waals surface area contributed by atoms with Gasteiger partial charge in [0, 0.05) is 17.7 Å². The molecule has 0 atom stereocenters. The van der Waals surface area contributed by atoms with Crippen LogP contribution in [-0.2, 0) is 4.79 Å². The third-order valence-electron chi connectivity index (χ3n) is 3.99. The van der Waals surface area contributed by atoms with Gasteiger partial charge in [-0.05, 0) is 62.4 Å². The van der Waals surface area contributed by atoms with Crippen LogP contribution in [0, 0.1) is 0 Å². The molecule has 1 N–H and O–H groups in total. The van der Waals surface area contributed by atoms with E-state index >= 15 is 0 Å². The molecule has 7 nitrogen and oxygen atoms in total. The van der Waals surface area contributed by atoms with E-state index < -0.39 is 0 Å². The summed E-state index contributed by atoms with van der Waals surface area (Å²) in [6.07, 6.45) is 0.397. The van der Waals surface area contributed by atoms with E-state index in [0.717, 1.165) is 22.7 Å². The highest BCUT2D eigenvalue weighted by Gasteiger charge is 2.16. The quantitative estimate of drug-likeness (QED) is 0.668. The van der Waals surface area contributed by atoms with Crippen LogP contribution < -0.4 is 14.8 Å². The number of aromatic nitrogens is 3. The molecule has 3 aromatic rings. The molecule has 146 valence electrons. The Morgan fingerprint density at radius 3 is 2.36 bits per heavy atom. The number of methoxy groups -OCH3 is 1. The second-order valence-electron chi connectivity index (χ2n) is 6.47. The number of nitrogens with one attached hydrogen (secondary N) is 1. The van der Waals surface area contributed by atoms with Crippen LogP contribution in [0.2, 0.25) is 0 Å². The van der Waals surface area contributed by atoms with Crippen molar-refractivity contribution in [2.75, 3.05) is 12.4 Å². The van der Waals surface area contributed by atoms with Gasteiger partial charge in [0.2, 0.25) is 5.91 Å². The van der Waals surface area contributed by atoms with Crippen molar-refractivity contribution in [2.24, 2.45) is 0 Å². The first kappa shape index (κ1) is 19.4. The number of ether oxygens (including phenoxy) is 2. The fraction of sp³-hybridized carbons (Fsp3) is 0.286. The maximum absolute atomic E-state index is 11.6. The normalized spacial score (nSPS) is 10.8. The number of nitrogens with zero attached hydrogens (tertiary/aromatic N) is 3. The third kappa shape index (κ3) is 4.49. The lowest BCUT2D eigenvalue weighted by molar-refractivity contribution is -0.115. The van der Waals surface area contributed by atoms with Crippen LogP contribution in [0.1, 0.15) is 27.2 Å². The van der Waals surface area contributed by atoms with E-state index in [-0.39, 0.29) is 12.0 Å². The molecule has 7 heteroatoms. The van der Waals surface area contributed by atoms with Gasteiger partial charge >= 0.3 is 6.01 Å². The first-order valence-electron chi connectivity index (χ1n) is 9.18. The number of anilines is 1. The first-order chi connectivity index (χ1) is 13.5. The molecule has 0 saturated carbocycles. The van der Waals surface area contributed by atoms with Gasteiger partial charge in [-0.2, -0.15) is 4.98 Å². The zero-order valence-electron chi connectivity index (χ0n) is 16.5. The van der Waals surface area contributed by atoms with Crippen LogP contribution in [0.3, 0.4) is 0 Å². The number of hydrogen-bond donors (Lipinski definition) is 1. The van der Waals surface area contributed by atoms with Crippen molar-refractivity contribution in [1.29, 1.82) is 0 Å². The molecule has 0 aliphatic carbocycles. The predicted octanol–water partition coefficient (Wildman–Crippen LogP) is 4.08. The number of benzene rings is 2. The van der Waals surface area contributed by atoms with Crippen molar-refractivity contribution in [3.63, 3.8) is 0 Å². The summed E-state index contributed by atoms with van der Waals surface area (Å²) in [7, 11) is 1.63. The van der Waals surface area contributed by atoms with Gasteiger partial charge in [-0.25, -0.2) is 4.68 Å².